The molecule has 0 bridgehead atoms. The van der Waals surface area contributed by atoms with Crippen molar-refractivity contribution in [2.45, 2.75) is 63.6 Å². The highest BCUT2D eigenvalue weighted by molar-refractivity contribution is 6.42. The Bertz CT molecular complexity index is 2470. The van der Waals surface area contributed by atoms with Gasteiger partial charge in [-0.05, 0) is 106 Å². The highest BCUT2D eigenvalue weighted by atomic mass is 35.5. The summed E-state index contributed by atoms with van der Waals surface area (Å²) >= 11 is 12.2. The highest BCUT2D eigenvalue weighted by Crippen LogP contribution is 2.42. The maximum atomic E-state index is 14.4. The van der Waals surface area contributed by atoms with Gasteiger partial charge in [-0.15, -0.1) is 0 Å². The molecule has 8 rings (SSSR count). The summed E-state index contributed by atoms with van der Waals surface area (Å²) in [6.07, 6.45) is 0.828. The lowest BCUT2D eigenvalue weighted by molar-refractivity contribution is -0.143. The zero-order chi connectivity index (χ0) is 41.8. The van der Waals surface area contributed by atoms with Gasteiger partial charge in [0, 0.05) is 19.0 Å². The van der Waals surface area contributed by atoms with Crippen LogP contribution >= 0.6 is 23.2 Å². The number of benzene rings is 6. The largest absolute Gasteiger partial charge is 0.489 e. The van der Waals surface area contributed by atoms with Crippen molar-refractivity contribution in [3.8, 4) is 28.4 Å². The molecule has 8 nitrogen and oxygen atoms in total. The van der Waals surface area contributed by atoms with Gasteiger partial charge in [-0.1, -0.05) is 115 Å². The van der Waals surface area contributed by atoms with Crippen LogP contribution in [0.2, 0.25) is 10.0 Å². The minimum absolute atomic E-state index is 0.0955. The molecule has 2 N–H and O–H groups in total. The summed E-state index contributed by atoms with van der Waals surface area (Å²) in [6.45, 7) is 3.17. The Morgan fingerprint density at radius 1 is 0.833 bits per heavy atom. The van der Waals surface area contributed by atoms with Gasteiger partial charge in [0.05, 0.1) is 16.1 Å². The van der Waals surface area contributed by atoms with Crippen molar-refractivity contribution in [3.63, 3.8) is 0 Å². The van der Waals surface area contributed by atoms with Gasteiger partial charge in [0.25, 0.3) is 0 Å². The molecule has 1 amide bonds. The van der Waals surface area contributed by atoms with Crippen LogP contribution in [0.5, 0.6) is 17.2 Å². The number of carbonyl (C=O) groups is 2. The third kappa shape index (κ3) is 9.29. The Morgan fingerprint density at radius 3 is 2.20 bits per heavy atom. The Morgan fingerprint density at radius 2 is 1.52 bits per heavy atom. The average molecular weight is 846 g/mol. The molecular formula is C49H43Cl2FN2O6. The summed E-state index contributed by atoms with van der Waals surface area (Å²) in [6, 6.07) is 38.9. The van der Waals surface area contributed by atoms with Crippen molar-refractivity contribution >= 4 is 35.1 Å². The van der Waals surface area contributed by atoms with E-state index in [-0.39, 0.29) is 30.3 Å². The fourth-order valence-electron chi connectivity index (χ4n) is 8.00. The summed E-state index contributed by atoms with van der Waals surface area (Å²) in [7, 11) is 0. The van der Waals surface area contributed by atoms with Gasteiger partial charge < -0.3 is 24.6 Å². The summed E-state index contributed by atoms with van der Waals surface area (Å²) in [5, 5.41) is 14.2. The van der Waals surface area contributed by atoms with E-state index in [2.05, 4.69) is 29.3 Å². The SMILES string of the molecule is CC[C@@H](c1ccccc1)N1Cc2cc3c(cc2C[C@H]1C(=O)NC(Cc1ccc(-c2ccc(F)cc2)cc1)C(=O)O)OC[C@H](c1ccc(OCc2ccc(Cl)c(Cl)c2)cc1)O3. The molecule has 4 atom stereocenters. The zero-order valence-electron chi connectivity index (χ0n) is 32.8. The monoisotopic (exact) mass is 844 g/mol. The molecule has 0 saturated heterocycles. The Labute approximate surface area is 358 Å². The number of aliphatic carboxylic acids is 1. The molecule has 0 spiro atoms. The lowest BCUT2D eigenvalue weighted by Crippen LogP contribution is -2.55. The lowest BCUT2D eigenvalue weighted by atomic mass is 9.89. The molecule has 6 aromatic carbocycles. The maximum absolute atomic E-state index is 14.4. The van der Waals surface area contributed by atoms with Gasteiger partial charge in [-0.3, -0.25) is 9.69 Å². The van der Waals surface area contributed by atoms with Crippen LogP contribution in [-0.4, -0.2) is 40.6 Å². The quantitative estimate of drug-likeness (QED) is 0.119. The predicted molar refractivity (Wildman–Crippen MR) is 230 cm³/mol. The fraction of sp³-hybridized carbons (Fsp3) is 0.224. The maximum Gasteiger partial charge on any atom is 0.326 e. The molecule has 0 saturated carbocycles. The standard InChI is InChI=1S/C49H43Cl2FN2O6/c1-2-43(34-6-4-3-5-7-34)54-27-37-26-46-45(59-29-47(60-46)35-15-19-39(20-16-35)58-28-31-10-21-40(50)41(51)22-31)25-36(37)24-44(54)48(55)53-42(49(56)57)23-30-8-11-32(12-9-30)33-13-17-38(52)18-14-33/h3-22,25-26,42-44,47H,2,23-24,27-29H2,1H3,(H,53,55)(H,56,57)/t42?,43-,44-,47+/m0/s1. The normalized spacial score (nSPS) is 16.9. The molecule has 0 aliphatic carbocycles. The first-order valence-electron chi connectivity index (χ1n) is 19.9. The van der Waals surface area contributed by atoms with Crippen molar-refractivity contribution in [3.05, 3.63) is 183 Å². The van der Waals surface area contributed by atoms with Crippen LogP contribution in [0.15, 0.2) is 133 Å². The molecule has 2 heterocycles. The van der Waals surface area contributed by atoms with Crippen LogP contribution in [0, 0.1) is 5.82 Å². The number of nitrogens with zero attached hydrogens (tertiary/aromatic N) is 1. The van der Waals surface area contributed by atoms with E-state index >= 15 is 0 Å². The van der Waals surface area contributed by atoms with Crippen LogP contribution in [0.1, 0.15) is 58.9 Å². The van der Waals surface area contributed by atoms with E-state index in [1.807, 2.05) is 84.9 Å². The van der Waals surface area contributed by atoms with E-state index in [0.717, 1.165) is 50.9 Å². The second-order valence-electron chi connectivity index (χ2n) is 15.1. The molecule has 0 radical (unpaired) electrons. The smallest absolute Gasteiger partial charge is 0.326 e. The molecule has 0 aromatic heterocycles. The van der Waals surface area contributed by atoms with Crippen molar-refractivity contribution in [2.75, 3.05) is 6.61 Å². The molecule has 306 valence electrons. The Balaban J connectivity index is 0.990. The van der Waals surface area contributed by atoms with E-state index in [1.165, 1.54) is 12.1 Å². The molecule has 6 aromatic rings. The summed E-state index contributed by atoms with van der Waals surface area (Å²) in [4.78, 5) is 29.2. The molecule has 60 heavy (non-hydrogen) atoms. The topological polar surface area (TPSA) is 97.3 Å². The van der Waals surface area contributed by atoms with E-state index in [9.17, 15) is 19.1 Å². The van der Waals surface area contributed by atoms with Crippen molar-refractivity contribution < 1.29 is 33.3 Å². The van der Waals surface area contributed by atoms with Crippen molar-refractivity contribution in [1.29, 1.82) is 0 Å². The van der Waals surface area contributed by atoms with Gasteiger partial charge in [0.2, 0.25) is 5.91 Å². The third-order valence-corrected chi connectivity index (χ3v) is 11.9. The first-order chi connectivity index (χ1) is 29.1. The zero-order valence-corrected chi connectivity index (χ0v) is 34.3. The molecule has 0 fully saturated rings. The lowest BCUT2D eigenvalue weighted by Gasteiger charge is -2.42. The van der Waals surface area contributed by atoms with Gasteiger partial charge in [-0.2, -0.15) is 0 Å². The molecule has 2 aliphatic heterocycles. The average Bonchev–Trinajstić information content (AvgIpc) is 3.26. The number of hydrogen-bond acceptors (Lipinski definition) is 6. The molecule has 2 aliphatic rings. The summed E-state index contributed by atoms with van der Waals surface area (Å²) in [5.41, 5.74) is 7.35. The highest BCUT2D eigenvalue weighted by Gasteiger charge is 2.38. The van der Waals surface area contributed by atoms with E-state index in [4.69, 9.17) is 37.4 Å². The van der Waals surface area contributed by atoms with Crippen molar-refractivity contribution in [2.24, 2.45) is 0 Å². The first kappa shape index (κ1) is 40.9. The van der Waals surface area contributed by atoms with Crippen LogP contribution in [0.25, 0.3) is 11.1 Å². The predicted octanol–water partition coefficient (Wildman–Crippen LogP) is 10.6. The number of rotatable bonds is 13. The fourth-order valence-corrected chi connectivity index (χ4v) is 8.32. The van der Waals surface area contributed by atoms with E-state index in [1.54, 1.807) is 24.3 Å². The van der Waals surface area contributed by atoms with E-state index < -0.39 is 18.1 Å². The summed E-state index contributed by atoms with van der Waals surface area (Å²) in [5.74, 6) is 0.126. The number of fused-ring (bicyclic) bond motifs is 2. The van der Waals surface area contributed by atoms with Crippen LogP contribution in [-0.2, 0) is 35.6 Å². The molecular weight excluding hydrogens is 802 g/mol. The number of carbonyl (C=O) groups excluding carboxylic acids is 1. The Kier molecular flexibility index (Phi) is 12.4. The number of amides is 1. The van der Waals surface area contributed by atoms with Gasteiger partial charge in [0.15, 0.2) is 17.6 Å². The van der Waals surface area contributed by atoms with Crippen molar-refractivity contribution in [1.82, 2.24) is 10.2 Å². The number of hydrogen-bond donors (Lipinski definition) is 2. The number of halogens is 3. The number of ether oxygens (including phenoxy) is 3. The number of carboxylic acid groups (broad SMARTS) is 1. The first-order valence-corrected chi connectivity index (χ1v) is 20.7. The van der Waals surface area contributed by atoms with Crippen LogP contribution < -0.4 is 19.5 Å². The number of nitrogens with one attached hydrogen (secondary N) is 1. The van der Waals surface area contributed by atoms with Crippen LogP contribution in [0.4, 0.5) is 4.39 Å². The number of carboxylic acids is 1. The van der Waals surface area contributed by atoms with Gasteiger partial charge in [0.1, 0.15) is 30.8 Å². The molecule has 11 heteroatoms. The molecule has 1 unspecified atom stereocenters. The second kappa shape index (κ2) is 18.2. The second-order valence-corrected chi connectivity index (χ2v) is 15.9. The van der Waals surface area contributed by atoms with Gasteiger partial charge >= 0.3 is 5.97 Å². The van der Waals surface area contributed by atoms with Gasteiger partial charge in [-0.25, -0.2) is 9.18 Å². The third-order valence-electron chi connectivity index (χ3n) is 11.2. The minimum atomic E-state index is -1.16. The minimum Gasteiger partial charge on any atom is -0.489 e. The van der Waals surface area contributed by atoms with Crippen LogP contribution in [0.3, 0.4) is 0 Å². The van der Waals surface area contributed by atoms with E-state index in [0.29, 0.717) is 53.5 Å². The Hall–Kier alpha value is -5.87. The summed E-state index contributed by atoms with van der Waals surface area (Å²) < 4.78 is 32.3.